The molecule has 0 amide bonds. The molecular weight excluding hydrogens is 428 g/mol. The molecule has 0 saturated carbocycles. The van der Waals surface area contributed by atoms with E-state index in [9.17, 15) is 4.79 Å². The highest BCUT2D eigenvalue weighted by Crippen LogP contribution is 2.39. The maximum absolute atomic E-state index is 11.5. The zero-order valence-corrected chi connectivity index (χ0v) is 19.9. The fourth-order valence-corrected chi connectivity index (χ4v) is 4.54. The molecule has 1 saturated heterocycles. The molecule has 1 fully saturated rings. The van der Waals surface area contributed by atoms with E-state index < -0.39 is 0 Å². The lowest BCUT2D eigenvalue weighted by Crippen LogP contribution is -2.47. The fraction of sp³-hybridized carbons (Fsp3) is 0.407. The molecular formula is C27H32N4O3. The van der Waals surface area contributed by atoms with Gasteiger partial charge in [-0.3, -0.25) is 9.69 Å². The van der Waals surface area contributed by atoms with Crippen LogP contribution < -0.4 is 19.9 Å². The van der Waals surface area contributed by atoms with E-state index in [2.05, 4.69) is 64.0 Å². The van der Waals surface area contributed by atoms with Crippen LogP contribution in [0.2, 0.25) is 0 Å². The van der Waals surface area contributed by atoms with Crippen LogP contribution in [0, 0.1) is 0 Å². The number of para-hydroxylation sites is 1. The van der Waals surface area contributed by atoms with Gasteiger partial charge in [0.2, 0.25) is 11.4 Å². The number of rotatable bonds is 7. The number of fused-ring (bicyclic) bond motifs is 2. The number of anilines is 1. The Balaban J connectivity index is 1.07. The molecule has 0 unspecified atom stereocenters. The first kappa shape index (κ1) is 22.5. The molecule has 7 nitrogen and oxygen atoms in total. The second-order valence-electron chi connectivity index (χ2n) is 9.53. The maximum atomic E-state index is 11.5. The van der Waals surface area contributed by atoms with Gasteiger partial charge in [-0.15, -0.1) is 0 Å². The SMILES string of the molecule is CC1(C)C=Cc2cccc(N3CCN(CCCCOc4ccc5ccc(=O)[nH]c5n4)CC3)c2O1. The van der Waals surface area contributed by atoms with Crippen LogP contribution in [0.25, 0.3) is 17.1 Å². The summed E-state index contributed by atoms with van der Waals surface area (Å²) in [5.74, 6) is 1.56. The zero-order chi connectivity index (χ0) is 23.5. The monoisotopic (exact) mass is 460 g/mol. The third-order valence-corrected chi connectivity index (χ3v) is 6.44. The van der Waals surface area contributed by atoms with Crippen LogP contribution >= 0.6 is 0 Å². The van der Waals surface area contributed by atoms with Gasteiger partial charge in [-0.2, -0.15) is 4.98 Å². The molecule has 0 radical (unpaired) electrons. The maximum Gasteiger partial charge on any atom is 0.249 e. The third kappa shape index (κ3) is 5.09. The number of hydrogen-bond donors (Lipinski definition) is 1. The van der Waals surface area contributed by atoms with Gasteiger partial charge in [-0.25, -0.2) is 0 Å². The van der Waals surface area contributed by atoms with Crippen molar-refractivity contribution in [1.29, 1.82) is 0 Å². The van der Waals surface area contributed by atoms with Gasteiger partial charge in [0.15, 0.2) is 5.75 Å². The van der Waals surface area contributed by atoms with Gasteiger partial charge >= 0.3 is 0 Å². The van der Waals surface area contributed by atoms with Gasteiger partial charge in [0.25, 0.3) is 0 Å². The molecule has 1 aromatic carbocycles. The number of unbranched alkanes of at least 4 members (excludes halogenated alkanes) is 1. The highest BCUT2D eigenvalue weighted by atomic mass is 16.5. The number of nitrogens with one attached hydrogen (secondary N) is 1. The molecule has 0 atom stereocenters. The summed E-state index contributed by atoms with van der Waals surface area (Å²) in [6, 6.07) is 13.5. The van der Waals surface area contributed by atoms with Crippen molar-refractivity contribution in [2.24, 2.45) is 0 Å². The van der Waals surface area contributed by atoms with Crippen LogP contribution in [-0.4, -0.2) is 59.8 Å². The molecule has 0 spiro atoms. The predicted octanol–water partition coefficient (Wildman–Crippen LogP) is 4.09. The Labute approximate surface area is 200 Å². The van der Waals surface area contributed by atoms with E-state index in [1.54, 1.807) is 6.07 Å². The number of pyridine rings is 2. The van der Waals surface area contributed by atoms with E-state index in [4.69, 9.17) is 9.47 Å². The van der Waals surface area contributed by atoms with Crippen LogP contribution in [0.15, 0.2) is 53.3 Å². The van der Waals surface area contributed by atoms with Crippen molar-refractivity contribution >= 4 is 22.8 Å². The Morgan fingerprint density at radius 2 is 1.88 bits per heavy atom. The topological polar surface area (TPSA) is 70.7 Å². The predicted molar refractivity (Wildman–Crippen MR) is 136 cm³/mol. The number of benzene rings is 1. The minimum absolute atomic E-state index is 0.155. The number of nitrogens with zero attached hydrogens (tertiary/aromatic N) is 3. The van der Waals surface area contributed by atoms with Crippen LogP contribution in [0.1, 0.15) is 32.3 Å². The second kappa shape index (κ2) is 9.50. The van der Waals surface area contributed by atoms with Crippen LogP contribution in [0.3, 0.4) is 0 Å². The summed E-state index contributed by atoms with van der Waals surface area (Å²) in [6.45, 7) is 9.97. The average molecular weight is 461 g/mol. The second-order valence-corrected chi connectivity index (χ2v) is 9.53. The molecule has 2 aromatic heterocycles. The third-order valence-electron chi connectivity index (χ3n) is 6.44. The lowest BCUT2D eigenvalue weighted by molar-refractivity contribution is 0.159. The fourth-order valence-electron chi connectivity index (χ4n) is 4.54. The van der Waals surface area contributed by atoms with Crippen molar-refractivity contribution in [2.45, 2.75) is 32.3 Å². The quantitative estimate of drug-likeness (QED) is 0.536. The number of H-pyrrole nitrogens is 1. The first-order chi connectivity index (χ1) is 16.5. The van der Waals surface area contributed by atoms with Crippen LogP contribution in [0.4, 0.5) is 5.69 Å². The first-order valence-corrected chi connectivity index (χ1v) is 12.1. The van der Waals surface area contributed by atoms with Crippen LogP contribution in [0.5, 0.6) is 11.6 Å². The first-order valence-electron chi connectivity index (χ1n) is 12.1. The van der Waals surface area contributed by atoms with E-state index in [1.165, 1.54) is 11.8 Å². The van der Waals surface area contributed by atoms with Gasteiger partial charge in [0.05, 0.1) is 12.3 Å². The standard InChI is InChI=1S/C27H32N4O3/c1-27(2)13-12-20-6-5-7-22(25(20)34-27)31-17-15-30(16-18-31)14-3-4-19-33-24-11-9-21-8-10-23(32)28-26(21)29-24/h5-13H,3-4,14-19H2,1-2H3,(H,28,29,32). The zero-order valence-electron chi connectivity index (χ0n) is 19.9. The molecule has 0 bridgehead atoms. The summed E-state index contributed by atoms with van der Waals surface area (Å²) in [5.41, 5.74) is 2.50. The molecule has 1 N–H and O–H groups in total. The van der Waals surface area contributed by atoms with Gasteiger partial charge in [-0.05, 0) is 57.5 Å². The van der Waals surface area contributed by atoms with E-state index in [1.807, 2.05) is 12.1 Å². The summed E-state index contributed by atoms with van der Waals surface area (Å²) < 4.78 is 12.1. The Morgan fingerprint density at radius 1 is 1.06 bits per heavy atom. The average Bonchev–Trinajstić information content (AvgIpc) is 2.83. The summed E-state index contributed by atoms with van der Waals surface area (Å²) in [5, 5.41) is 0.897. The largest absolute Gasteiger partial charge is 0.481 e. The molecule has 3 aromatic rings. The van der Waals surface area contributed by atoms with Crippen molar-refractivity contribution in [1.82, 2.24) is 14.9 Å². The summed E-state index contributed by atoms with van der Waals surface area (Å²) in [6.07, 6.45) is 6.34. The van der Waals surface area contributed by atoms with Gasteiger partial charge in [0, 0.05) is 49.3 Å². The number of piperazine rings is 1. The lowest BCUT2D eigenvalue weighted by Gasteiger charge is -2.38. The molecule has 5 rings (SSSR count). The normalized spacial score (nSPS) is 17.4. The van der Waals surface area contributed by atoms with E-state index >= 15 is 0 Å². The number of ether oxygens (including phenoxy) is 2. The minimum Gasteiger partial charge on any atom is -0.481 e. The Kier molecular flexibility index (Phi) is 6.28. The van der Waals surface area contributed by atoms with Crippen LogP contribution in [-0.2, 0) is 0 Å². The van der Waals surface area contributed by atoms with E-state index in [0.29, 0.717) is 18.1 Å². The lowest BCUT2D eigenvalue weighted by atomic mass is 10.0. The Morgan fingerprint density at radius 3 is 2.74 bits per heavy atom. The summed E-state index contributed by atoms with van der Waals surface area (Å²) in [4.78, 5) is 23.6. The Bertz CT molecular complexity index is 1240. The van der Waals surface area contributed by atoms with Crippen molar-refractivity contribution in [3.8, 4) is 11.6 Å². The van der Waals surface area contributed by atoms with Crippen molar-refractivity contribution in [2.75, 3.05) is 44.2 Å². The molecule has 2 aliphatic rings. The van der Waals surface area contributed by atoms with Crippen molar-refractivity contribution in [3.63, 3.8) is 0 Å². The molecule has 0 aliphatic carbocycles. The van der Waals surface area contributed by atoms with Gasteiger partial charge in [-0.1, -0.05) is 18.2 Å². The molecule has 4 heterocycles. The highest BCUT2D eigenvalue weighted by molar-refractivity contribution is 5.74. The number of aromatic amines is 1. The smallest absolute Gasteiger partial charge is 0.249 e. The molecule has 2 aliphatic heterocycles. The highest BCUT2D eigenvalue weighted by Gasteiger charge is 2.27. The number of hydrogen-bond acceptors (Lipinski definition) is 6. The molecule has 178 valence electrons. The number of aromatic nitrogens is 2. The Hall–Kier alpha value is -3.32. The summed E-state index contributed by atoms with van der Waals surface area (Å²) >= 11 is 0. The van der Waals surface area contributed by atoms with E-state index in [-0.39, 0.29) is 11.2 Å². The molecule has 7 heteroatoms. The van der Waals surface area contributed by atoms with Gasteiger partial charge in [0.1, 0.15) is 11.2 Å². The van der Waals surface area contributed by atoms with Crippen molar-refractivity contribution in [3.05, 3.63) is 64.5 Å². The molecule has 34 heavy (non-hydrogen) atoms. The van der Waals surface area contributed by atoms with Gasteiger partial charge < -0.3 is 19.4 Å². The van der Waals surface area contributed by atoms with E-state index in [0.717, 1.165) is 62.3 Å². The minimum atomic E-state index is -0.271. The van der Waals surface area contributed by atoms with Crippen molar-refractivity contribution < 1.29 is 9.47 Å². The summed E-state index contributed by atoms with van der Waals surface area (Å²) in [7, 11) is 0.